The lowest BCUT2D eigenvalue weighted by Gasteiger charge is -2.23. The van der Waals surface area contributed by atoms with Crippen molar-refractivity contribution in [3.63, 3.8) is 0 Å². The van der Waals surface area contributed by atoms with Gasteiger partial charge in [0.15, 0.2) is 0 Å². The first-order valence-corrected chi connectivity index (χ1v) is 7.89. The second kappa shape index (κ2) is 7.98. The molecule has 4 nitrogen and oxygen atoms in total. The van der Waals surface area contributed by atoms with E-state index in [1.165, 1.54) is 11.1 Å². The van der Waals surface area contributed by atoms with Gasteiger partial charge in [-0.25, -0.2) is 0 Å². The van der Waals surface area contributed by atoms with E-state index in [-0.39, 0.29) is 0 Å². The summed E-state index contributed by atoms with van der Waals surface area (Å²) in [4.78, 5) is 2.38. The van der Waals surface area contributed by atoms with E-state index in [9.17, 15) is 0 Å². The highest BCUT2D eigenvalue weighted by atomic mass is 79.9. The van der Waals surface area contributed by atoms with Crippen molar-refractivity contribution in [3.8, 4) is 5.75 Å². The lowest BCUT2D eigenvalue weighted by molar-refractivity contribution is 0.143. The van der Waals surface area contributed by atoms with Crippen LogP contribution in [-0.4, -0.2) is 44.9 Å². The molecule has 2 N–H and O–H groups in total. The van der Waals surface area contributed by atoms with Gasteiger partial charge in [0.05, 0.1) is 13.2 Å². The third-order valence-electron chi connectivity index (χ3n) is 3.51. The number of methoxy groups -OCH3 is 1. The maximum absolute atomic E-state index is 5.79. The lowest BCUT2D eigenvalue weighted by atomic mass is 10.1. The van der Waals surface area contributed by atoms with Crippen molar-refractivity contribution in [1.82, 2.24) is 4.90 Å². The number of benzene rings is 1. The minimum Gasteiger partial charge on any atom is -0.493 e. The summed E-state index contributed by atoms with van der Waals surface area (Å²) < 4.78 is 12.1. The third-order valence-corrected chi connectivity index (χ3v) is 3.97. The smallest absolute Gasteiger partial charge is 0.127 e. The molecule has 0 unspecified atom stereocenters. The third kappa shape index (κ3) is 4.19. The highest BCUT2D eigenvalue weighted by molar-refractivity contribution is 9.10. The van der Waals surface area contributed by atoms with Crippen LogP contribution in [0.3, 0.4) is 0 Å². The molecule has 0 radical (unpaired) electrons. The van der Waals surface area contributed by atoms with E-state index in [0.29, 0.717) is 0 Å². The standard InChI is InChI=1S/C15H23BrN2O2/c1-19-8-6-18(5-2-4-17)11-13-10-14(16)9-12-3-7-20-15(12)13/h9-10H,2-8,11,17H2,1H3. The summed E-state index contributed by atoms with van der Waals surface area (Å²) in [5.74, 6) is 1.07. The molecule has 2 rings (SSSR count). The molecule has 20 heavy (non-hydrogen) atoms. The predicted molar refractivity (Wildman–Crippen MR) is 84.2 cm³/mol. The molecule has 0 spiro atoms. The van der Waals surface area contributed by atoms with Gasteiger partial charge in [-0.05, 0) is 37.2 Å². The van der Waals surface area contributed by atoms with Crippen LogP contribution in [0.5, 0.6) is 5.75 Å². The molecule has 1 aromatic rings. The Kier molecular flexibility index (Phi) is 6.29. The molecule has 0 saturated heterocycles. The van der Waals surface area contributed by atoms with Crippen molar-refractivity contribution in [2.45, 2.75) is 19.4 Å². The van der Waals surface area contributed by atoms with E-state index < -0.39 is 0 Å². The summed E-state index contributed by atoms with van der Waals surface area (Å²) in [6.07, 6.45) is 2.00. The zero-order valence-corrected chi connectivity index (χ0v) is 13.6. The Morgan fingerprint density at radius 2 is 2.25 bits per heavy atom. The molecule has 5 heteroatoms. The molecule has 1 aromatic carbocycles. The Morgan fingerprint density at radius 1 is 1.40 bits per heavy atom. The second-order valence-corrected chi connectivity index (χ2v) is 5.98. The largest absolute Gasteiger partial charge is 0.493 e. The van der Waals surface area contributed by atoms with Crippen molar-refractivity contribution < 1.29 is 9.47 Å². The molecule has 1 aliphatic heterocycles. The first-order chi connectivity index (χ1) is 9.74. The molecule has 1 heterocycles. The minimum absolute atomic E-state index is 0.719. The topological polar surface area (TPSA) is 47.7 Å². The number of halogens is 1. The van der Waals surface area contributed by atoms with Crippen LogP contribution in [0.15, 0.2) is 16.6 Å². The van der Waals surface area contributed by atoms with E-state index in [0.717, 1.165) is 62.5 Å². The molecular formula is C15H23BrN2O2. The fourth-order valence-electron chi connectivity index (χ4n) is 2.51. The zero-order chi connectivity index (χ0) is 14.4. The molecule has 0 fully saturated rings. The summed E-state index contributed by atoms with van der Waals surface area (Å²) in [5.41, 5.74) is 8.18. The molecule has 0 saturated carbocycles. The van der Waals surface area contributed by atoms with Gasteiger partial charge in [0.2, 0.25) is 0 Å². The van der Waals surface area contributed by atoms with Crippen LogP contribution in [0.1, 0.15) is 17.5 Å². The molecular weight excluding hydrogens is 320 g/mol. The van der Waals surface area contributed by atoms with Crippen molar-refractivity contribution in [3.05, 3.63) is 27.7 Å². The molecule has 1 aliphatic rings. The van der Waals surface area contributed by atoms with Gasteiger partial charge in [-0.2, -0.15) is 0 Å². The molecule has 0 amide bonds. The van der Waals surface area contributed by atoms with Crippen LogP contribution in [0.4, 0.5) is 0 Å². The van der Waals surface area contributed by atoms with Crippen molar-refractivity contribution >= 4 is 15.9 Å². The van der Waals surface area contributed by atoms with Crippen molar-refractivity contribution in [2.24, 2.45) is 5.73 Å². The van der Waals surface area contributed by atoms with Crippen molar-refractivity contribution in [2.75, 3.05) is 40.0 Å². The summed E-state index contributed by atoms with van der Waals surface area (Å²) in [5, 5.41) is 0. The SMILES string of the molecule is COCCN(CCCN)Cc1cc(Br)cc2c1OCC2. The van der Waals surface area contributed by atoms with Crippen LogP contribution in [0.2, 0.25) is 0 Å². The van der Waals surface area contributed by atoms with Gasteiger partial charge in [-0.1, -0.05) is 15.9 Å². The van der Waals surface area contributed by atoms with Crippen LogP contribution in [0, 0.1) is 0 Å². The first kappa shape index (κ1) is 15.8. The van der Waals surface area contributed by atoms with Gasteiger partial charge in [-0.3, -0.25) is 4.90 Å². The highest BCUT2D eigenvalue weighted by Crippen LogP contribution is 2.33. The van der Waals surface area contributed by atoms with Crippen LogP contribution >= 0.6 is 15.9 Å². The van der Waals surface area contributed by atoms with E-state index in [1.54, 1.807) is 7.11 Å². The molecule has 112 valence electrons. The van der Waals surface area contributed by atoms with E-state index in [2.05, 4.69) is 33.0 Å². The predicted octanol–water partition coefficient (Wildman–Crippen LogP) is 2.18. The Labute approximate surface area is 129 Å². The monoisotopic (exact) mass is 342 g/mol. The maximum atomic E-state index is 5.79. The number of nitrogens with two attached hydrogens (primary N) is 1. The Bertz CT molecular complexity index is 432. The number of hydrogen-bond donors (Lipinski definition) is 1. The zero-order valence-electron chi connectivity index (χ0n) is 12.0. The molecule has 0 aromatic heterocycles. The van der Waals surface area contributed by atoms with Gasteiger partial charge in [0.1, 0.15) is 5.75 Å². The van der Waals surface area contributed by atoms with Gasteiger partial charge in [0.25, 0.3) is 0 Å². The van der Waals surface area contributed by atoms with E-state index >= 15 is 0 Å². The first-order valence-electron chi connectivity index (χ1n) is 7.10. The van der Waals surface area contributed by atoms with Crippen molar-refractivity contribution in [1.29, 1.82) is 0 Å². The Morgan fingerprint density at radius 3 is 3.00 bits per heavy atom. The number of nitrogens with zero attached hydrogens (tertiary/aromatic N) is 1. The summed E-state index contributed by atoms with van der Waals surface area (Å²) in [6.45, 7) is 5.03. The lowest BCUT2D eigenvalue weighted by Crippen LogP contribution is -2.29. The quantitative estimate of drug-likeness (QED) is 0.786. The second-order valence-electron chi connectivity index (χ2n) is 5.06. The normalized spacial score (nSPS) is 13.6. The summed E-state index contributed by atoms with van der Waals surface area (Å²) in [6, 6.07) is 4.32. The van der Waals surface area contributed by atoms with Gasteiger partial charge < -0.3 is 15.2 Å². The van der Waals surface area contributed by atoms with Crippen LogP contribution in [-0.2, 0) is 17.7 Å². The summed E-state index contributed by atoms with van der Waals surface area (Å²) in [7, 11) is 1.74. The fraction of sp³-hybridized carbons (Fsp3) is 0.600. The number of hydrogen-bond acceptors (Lipinski definition) is 4. The maximum Gasteiger partial charge on any atom is 0.127 e. The number of fused-ring (bicyclic) bond motifs is 1. The Hall–Kier alpha value is -0.620. The van der Waals surface area contributed by atoms with E-state index in [4.69, 9.17) is 15.2 Å². The van der Waals surface area contributed by atoms with Gasteiger partial charge in [0, 0.05) is 36.7 Å². The minimum atomic E-state index is 0.719. The number of rotatable bonds is 8. The molecule has 0 atom stereocenters. The Balaban J connectivity index is 2.09. The van der Waals surface area contributed by atoms with E-state index in [1.807, 2.05) is 0 Å². The van der Waals surface area contributed by atoms with Crippen LogP contribution < -0.4 is 10.5 Å². The average Bonchev–Trinajstić information content (AvgIpc) is 2.89. The summed E-state index contributed by atoms with van der Waals surface area (Å²) >= 11 is 3.59. The molecule has 0 aliphatic carbocycles. The van der Waals surface area contributed by atoms with Gasteiger partial charge in [-0.15, -0.1) is 0 Å². The molecule has 0 bridgehead atoms. The fourth-order valence-corrected chi connectivity index (χ4v) is 3.06. The average molecular weight is 343 g/mol. The number of ether oxygens (including phenoxy) is 2. The van der Waals surface area contributed by atoms with Crippen LogP contribution in [0.25, 0.3) is 0 Å². The van der Waals surface area contributed by atoms with Gasteiger partial charge >= 0.3 is 0 Å². The highest BCUT2D eigenvalue weighted by Gasteiger charge is 2.19.